The first-order valence-corrected chi connectivity index (χ1v) is 10.2. The van der Waals surface area contributed by atoms with Crippen molar-refractivity contribution in [1.29, 1.82) is 0 Å². The Kier molecular flexibility index (Phi) is 4.23. The zero-order valence-corrected chi connectivity index (χ0v) is 15.4. The smallest absolute Gasteiger partial charge is 0.119 e. The van der Waals surface area contributed by atoms with Crippen LogP contribution in [-0.4, -0.2) is 60.7 Å². The number of nitrogens with zero attached hydrogens (tertiary/aromatic N) is 2. The van der Waals surface area contributed by atoms with E-state index in [-0.39, 0.29) is 0 Å². The molecule has 4 aliphatic rings. The molecule has 3 atom stereocenters. The highest BCUT2D eigenvalue weighted by molar-refractivity contribution is 5.32. The number of hydrogen-bond acceptors (Lipinski definition) is 4. The average molecular weight is 341 g/mol. The fourth-order valence-corrected chi connectivity index (χ4v) is 5.05. The van der Waals surface area contributed by atoms with Crippen molar-refractivity contribution in [3.8, 4) is 5.75 Å². The second kappa shape index (κ2) is 6.57. The van der Waals surface area contributed by atoms with Crippen LogP contribution in [0.3, 0.4) is 0 Å². The fraction of sp³-hybridized carbons (Fsp3) is 0.714. The van der Waals surface area contributed by atoms with Crippen LogP contribution in [0.25, 0.3) is 0 Å². The van der Waals surface area contributed by atoms with Crippen molar-refractivity contribution >= 4 is 0 Å². The molecule has 4 nitrogen and oxygen atoms in total. The Balaban J connectivity index is 1.32. The molecule has 4 fully saturated rings. The number of likely N-dealkylation sites (tertiary alicyclic amines) is 2. The molecule has 2 saturated carbocycles. The van der Waals surface area contributed by atoms with Crippen molar-refractivity contribution in [2.75, 3.05) is 26.7 Å². The predicted molar refractivity (Wildman–Crippen MR) is 100 cm³/mol. The normalized spacial score (nSPS) is 33.9. The molecule has 4 heteroatoms. The largest absolute Gasteiger partial charge is 0.497 e. The lowest BCUT2D eigenvalue weighted by atomic mass is 9.98. The third-order valence-corrected chi connectivity index (χ3v) is 6.62. The summed E-state index contributed by atoms with van der Waals surface area (Å²) in [4.78, 5) is 5.48. The first-order valence-electron chi connectivity index (χ1n) is 10.2. The molecular weight excluding hydrogens is 310 g/mol. The van der Waals surface area contributed by atoms with Crippen LogP contribution in [0, 0.1) is 0 Å². The van der Waals surface area contributed by atoms with Crippen LogP contribution in [0.4, 0.5) is 0 Å². The second-order valence-electron chi connectivity index (χ2n) is 8.46. The summed E-state index contributed by atoms with van der Waals surface area (Å²) in [7, 11) is 1.77. The number of rotatable bonds is 6. The monoisotopic (exact) mass is 341 g/mol. The summed E-state index contributed by atoms with van der Waals surface area (Å²) in [6.07, 6.45) is 8.22. The zero-order chi connectivity index (χ0) is 16.8. The van der Waals surface area contributed by atoms with Crippen LogP contribution in [-0.2, 0) is 0 Å². The van der Waals surface area contributed by atoms with Gasteiger partial charge in [-0.3, -0.25) is 9.80 Å². The van der Waals surface area contributed by atoms with E-state index in [0.717, 1.165) is 17.8 Å². The van der Waals surface area contributed by atoms with E-state index >= 15 is 0 Å². The minimum Gasteiger partial charge on any atom is -0.497 e. The summed E-state index contributed by atoms with van der Waals surface area (Å²) in [5, 5.41) is 4.06. The SMILES string of the molecule is COc1cccc([C@@H]2[C@@H](NC3CCN(C4CC4)C3)CCN2C2CC2)c1. The lowest BCUT2D eigenvalue weighted by Crippen LogP contribution is -2.43. The topological polar surface area (TPSA) is 27.7 Å². The Hall–Kier alpha value is -1.10. The maximum atomic E-state index is 5.50. The van der Waals surface area contributed by atoms with Gasteiger partial charge in [-0.15, -0.1) is 0 Å². The van der Waals surface area contributed by atoms with Crippen molar-refractivity contribution in [2.45, 2.75) is 68.7 Å². The van der Waals surface area contributed by atoms with Gasteiger partial charge in [-0.2, -0.15) is 0 Å². The molecule has 1 unspecified atom stereocenters. The Bertz CT molecular complexity index is 613. The first-order chi connectivity index (χ1) is 12.3. The summed E-state index contributed by atoms with van der Waals surface area (Å²) < 4.78 is 5.50. The molecule has 5 rings (SSSR count). The highest BCUT2D eigenvalue weighted by Crippen LogP contribution is 2.42. The molecule has 0 amide bonds. The number of ether oxygens (including phenoxy) is 1. The molecule has 2 saturated heterocycles. The summed E-state index contributed by atoms with van der Waals surface area (Å²) in [5.74, 6) is 0.986. The molecule has 1 N–H and O–H groups in total. The molecule has 2 heterocycles. The minimum atomic E-state index is 0.512. The van der Waals surface area contributed by atoms with Crippen LogP contribution in [0.5, 0.6) is 5.75 Å². The van der Waals surface area contributed by atoms with Crippen LogP contribution >= 0.6 is 0 Å². The van der Waals surface area contributed by atoms with E-state index < -0.39 is 0 Å². The van der Waals surface area contributed by atoms with Crippen molar-refractivity contribution in [1.82, 2.24) is 15.1 Å². The van der Waals surface area contributed by atoms with Gasteiger partial charge in [0.25, 0.3) is 0 Å². The van der Waals surface area contributed by atoms with Crippen LogP contribution in [0.15, 0.2) is 24.3 Å². The third kappa shape index (κ3) is 3.32. The van der Waals surface area contributed by atoms with Crippen LogP contribution < -0.4 is 10.1 Å². The van der Waals surface area contributed by atoms with Gasteiger partial charge in [0, 0.05) is 43.8 Å². The molecule has 2 aliphatic heterocycles. The zero-order valence-electron chi connectivity index (χ0n) is 15.4. The molecule has 0 spiro atoms. The number of methoxy groups -OCH3 is 1. The Labute approximate surface area is 151 Å². The van der Waals surface area contributed by atoms with Crippen molar-refractivity contribution < 1.29 is 4.74 Å². The van der Waals surface area contributed by atoms with Gasteiger partial charge in [-0.05, 0) is 56.2 Å². The predicted octanol–water partition coefficient (Wildman–Crippen LogP) is 2.80. The van der Waals surface area contributed by atoms with Gasteiger partial charge >= 0.3 is 0 Å². The van der Waals surface area contributed by atoms with Gasteiger partial charge in [0.15, 0.2) is 0 Å². The van der Waals surface area contributed by atoms with Gasteiger partial charge in [-0.25, -0.2) is 0 Å². The van der Waals surface area contributed by atoms with E-state index in [1.807, 2.05) is 0 Å². The number of benzene rings is 1. The van der Waals surface area contributed by atoms with Gasteiger partial charge in [0.1, 0.15) is 5.75 Å². The Morgan fingerprint density at radius 3 is 2.60 bits per heavy atom. The van der Waals surface area contributed by atoms with E-state index in [2.05, 4.69) is 39.4 Å². The lowest BCUT2D eigenvalue weighted by molar-refractivity contribution is 0.219. The standard InChI is InChI=1S/C21H31N3O/c1-25-19-4-2-3-15(13-19)21-20(10-12-24(21)18-7-8-18)22-16-9-11-23(14-16)17-5-6-17/h2-4,13,16-18,20-22H,5-12,14H2,1H3/t16?,20-,21+/m0/s1. The quantitative estimate of drug-likeness (QED) is 0.861. The van der Waals surface area contributed by atoms with E-state index in [1.54, 1.807) is 7.11 Å². The van der Waals surface area contributed by atoms with Crippen LogP contribution in [0.2, 0.25) is 0 Å². The molecular formula is C21H31N3O. The molecule has 0 bridgehead atoms. The first kappa shape index (κ1) is 16.1. The molecule has 1 aromatic rings. The summed E-state index contributed by atoms with van der Waals surface area (Å²) in [5.41, 5.74) is 1.43. The lowest BCUT2D eigenvalue weighted by Gasteiger charge is -2.31. The second-order valence-corrected chi connectivity index (χ2v) is 8.46. The number of hydrogen-bond donors (Lipinski definition) is 1. The Morgan fingerprint density at radius 1 is 1.00 bits per heavy atom. The minimum absolute atomic E-state index is 0.512. The van der Waals surface area contributed by atoms with E-state index in [9.17, 15) is 0 Å². The molecule has 2 aliphatic carbocycles. The maximum Gasteiger partial charge on any atom is 0.119 e. The van der Waals surface area contributed by atoms with Gasteiger partial charge in [0.05, 0.1) is 13.2 Å². The summed E-state index contributed by atoms with van der Waals surface area (Å²) in [6.45, 7) is 3.80. The van der Waals surface area contributed by atoms with Crippen molar-refractivity contribution in [2.24, 2.45) is 0 Å². The van der Waals surface area contributed by atoms with E-state index in [1.165, 1.54) is 63.7 Å². The van der Waals surface area contributed by atoms with Crippen molar-refractivity contribution in [3.63, 3.8) is 0 Å². The molecule has 1 aromatic carbocycles. The average Bonchev–Trinajstić information content (AvgIpc) is 3.58. The summed E-state index contributed by atoms with van der Waals surface area (Å²) in [6, 6.07) is 12.3. The maximum absolute atomic E-state index is 5.50. The molecule has 0 aromatic heterocycles. The molecule has 25 heavy (non-hydrogen) atoms. The summed E-state index contributed by atoms with van der Waals surface area (Å²) >= 11 is 0. The fourth-order valence-electron chi connectivity index (χ4n) is 5.05. The highest BCUT2D eigenvalue weighted by atomic mass is 16.5. The van der Waals surface area contributed by atoms with Gasteiger partial charge < -0.3 is 10.1 Å². The molecule has 0 radical (unpaired) electrons. The van der Waals surface area contributed by atoms with E-state index in [4.69, 9.17) is 4.74 Å². The highest BCUT2D eigenvalue weighted by Gasteiger charge is 2.44. The van der Waals surface area contributed by atoms with Gasteiger partial charge in [0.2, 0.25) is 0 Å². The van der Waals surface area contributed by atoms with Crippen LogP contribution in [0.1, 0.15) is 50.1 Å². The van der Waals surface area contributed by atoms with Crippen molar-refractivity contribution in [3.05, 3.63) is 29.8 Å². The third-order valence-electron chi connectivity index (χ3n) is 6.62. The molecule has 136 valence electrons. The van der Waals surface area contributed by atoms with E-state index in [0.29, 0.717) is 18.1 Å². The van der Waals surface area contributed by atoms with Gasteiger partial charge in [-0.1, -0.05) is 12.1 Å². The number of nitrogens with one attached hydrogen (secondary N) is 1. The Morgan fingerprint density at radius 2 is 1.84 bits per heavy atom.